The highest BCUT2D eigenvalue weighted by atomic mass is 16.2. The largest absolute Gasteiger partial charge is 0.366 e. The average Bonchev–Trinajstić information content (AvgIpc) is 2.76. The Hall–Kier alpha value is -2.70. The lowest BCUT2D eigenvalue weighted by molar-refractivity contribution is 0.100. The smallest absolute Gasteiger partial charge is 0.277 e. The third kappa shape index (κ3) is 2.34. The molecule has 1 aromatic heterocycles. The molecule has 0 radical (unpaired) electrons. The normalized spacial score (nSPS) is 10.1. The van der Waals surface area contributed by atoms with Crippen LogP contribution in [0.4, 0.5) is 5.69 Å². The highest BCUT2D eigenvalue weighted by Gasteiger charge is 2.13. The molecule has 0 fully saturated rings. The number of hydrogen-bond acceptors (Lipinski definition) is 4. The van der Waals surface area contributed by atoms with Gasteiger partial charge in [0.25, 0.3) is 11.8 Å². The minimum absolute atomic E-state index is 0.164. The summed E-state index contributed by atoms with van der Waals surface area (Å²) in [5.41, 5.74) is 5.97. The van der Waals surface area contributed by atoms with Gasteiger partial charge >= 0.3 is 0 Å². The van der Waals surface area contributed by atoms with Crippen molar-refractivity contribution >= 4 is 17.5 Å². The number of primary amides is 1. The van der Waals surface area contributed by atoms with E-state index >= 15 is 0 Å². The zero-order valence-electron chi connectivity index (χ0n) is 9.62. The second-order valence-corrected chi connectivity index (χ2v) is 3.64. The van der Waals surface area contributed by atoms with Crippen molar-refractivity contribution in [3.05, 3.63) is 41.7 Å². The van der Waals surface area contributed by atoms with Gasteiger partial charge in [0.05, 0.1) is 17.4 Å². The number of aromatic nitrogens is 3. The molecule has 18 heavy (non-hydrogen) atoms. The monoisotopic (exact) mass is 245 g/mol. The Labute approximate surface area is 103 Å². The quantitative estimate of drug-likeness (QED) is 0.804. The number of rotatable bonds is 3. The van der Waals surface area contributed by atoms with E-state index in [-0.39, 0.29) is 11.3 Å². The molecule has 0 unspecified atom stereocenters. The predicted molar refractivity (Wildman–Crippen MR) is 63.9 cm³/mol. The number of para-hydroxylation sites is 1. The van der Waals surface area contributed by atoms with E-state index in [1.54, 1.807) is 25.2 Å². The summed E-state index contributed by atoms with van der Waals surface area (Å²) in [5.74, 6) is -1.05. The topological polar surface area (TPSA) is 103 Å². The lowest BCUT2D eigenvalue weighted by Gasteiger charge is -2.06. The van der Waals surface area contributed by atoms with E-state index in [1.165, 1.54) is 16.9 Å². The second kappa shape index (κ2) is 4.66. The fourth-order valence-corrected chi connectivity index (χ4v) is 1.44. The summed E-state index contributed by atoms with van der Waals surface area (Å²) in [7, 11) is 1.65. The Kier molecular flexibility index (Phi) is 3.05. The molecule has 1 aromatic carbocycles. The maximum absolute atomic E-state index is 11.8. The highest BCUT2D eigenvalue weighted by Crippen LogP contribution is 2.14. The van der Waals surface area contributed by atoms with Gasteiger partial charge in [-0.15, -0.1) is 5.10 Å². The number of hydrogen-bond donors (Lipinski definition) is 2. The Bertz CT molecular complexity index is 605. The van der Waals surface area contributed by atoms with E-state index in [0.717, 1.165) is 0 Å². The summed E-state index contributed by atoms with van der Waals surface area (Å²) in [5, 5.41) is 9.89. The molecule has 0 saturated carbocycles. The Morgan fingerprint density at radius 1 is 1.33 bits per heavy atom. The van der Waals surface area contributed by atoms with Crippen LogP contribution in [-0.2, 0) is 7.05 Å². The van der Waals surface area contributed by atoms with Crippen LogP contribution < -0.4 is 11.1 Å². The highest BCUT2D eigenvalue weighted by molar-refractivity contribution is 6.07. The standard InChI is InChI=1S/C11H11N5O2/c1-16-6-9(14-15-16)11(18)13-8-5-3-2-4-7(8)10(12)17/h2-6H,1H3,(H2,12,17)(H,13,18). The summed E-state index contributed by atoms with van der Waals surface area (Å²) in [4.78, 5) is 23.0. The van der Waals surface area contributed by atoms with Gasteiger partial charge in [-0.25, -0.2) is 0 Å². The molecule has 7 heteroatoms. The van der Waals surface area contributed by atoms with E-state index in [1.807, 2.05) is 0 Å². The molecule has 1 heterocycles. The molecule has 0 aliphatic rings. The van der Waals surface area contributed by atoms with Gasteiger partial charge in [0.15, 0.2) is 5.69 Å². The van der Waals surface area contributed by atoms with Crippen LogP contribution in [0.1, 0.15) is 20.8 Å². The van der Waals surface area contributed by atoms with Crippen molar-refractivity contribution in [2.45, 2.75) is 0 Å². The summed E-state index contributed by atoms with van der Waals surface area (Å²) < 4.78 is 1.41. The van der Waals surface area contributed by atoms with Crippen LogP contribution in [0.5, 0.6) is 0 Å². The van der Waals surface area contributed by atoms with Crippen LogP contribution in [0.15, 0.2) is 30.5 Å². The zero-order chi connectivity index (χ0) is 13.1. The molecule has 7 nitrogen and oxygen atoms in total. The van der Waals surface area contributed by atoms with Crippen molar-refractivity contribution in [3.8, 4) is 0 Å². The third-order valence-electron chi connectivity index (χ3n) is 2.28. The molecule has 92 valence electrons. The first-order chi connectivity index (χ1) is 8.58. The van der Waals surface area contributed by atoms with Crippen LogP contribution in [0.2, 0.25) is 0 Å². The van der Waals surface area contributed by atoms with Crippen molar-refractivity contribution in [2.75, 3.05) is 5.32 Å². The third-order valence-corrected chi connectivity index (χ3v) is 2.28. The Morgan fingerprint density at radius 2 is 2.06 bits per heavy atom. The van der Waals surface area contributed by atoms with Crippen LogP contribution in [0.3, 0.4) is 0 Å². The van der Waals surface area contributed by atoms with Crippen molar-refractivity contribution in [2.24, 2.45) is 12.8 Å². The molecule has 2 aromatic rings. The maximum atomic E-state index is 11.8. The molecular weight excluding hydrogens is 234 g/mol. The summed E-state index contributed by atoms with van der Waals surface area (Å²) in [6, 6.07) is 6.49. The van der Waals surface area contributed by atoms with Gasteiger partial charge in [0.2, 0.25) is 0 Å². The number of nitrogens with one attached hydrogen (secondary N) is 1. The number of nitrogens with two attached hydrogens (primary N) is 1. The summed E-state index contributed by atoms with van der Waals surface area (Å²) >= 11 is 0. The van der Waals surface area contributed by atoms with Crippen LogP contribution in [0.25, 0.3) is 0 Å². The lowest BCUT2D eigenvalue weighted by Crippen LogP contribution is -2.18. The molecular formula is C11H11N5O2. The Morgan fingerprint density at radius 3 is 2.67 bits per heavy atom. The Balaban J connectivity index is 2.24. The molecule has 3 N–H and O–H groups in total. The minimum Gasteiger partial charge on any atom is -0.366 e. The number of amides is 2. The van der Waals surface area contributed by atoms with Crippen molar-refractivity contribution in [1.82, 2.24) is 15.0 Å². The fourth-order valence-electron chi connectivity index (χ4n) is 1.44. The molecule has 0 spiro atoms. The van der Waals surface area contributed by atoms with Gasteiger partial charge in [-0.3, -0.25) is 14.3 Å². The molecule has 0 aliphatic carbocycles. The van der Waals surface area contributed by atoms with Gasteiger partial charge in [-0.2, -0.15) is 0 Å². The van der Waals surface area contributed by atoms with E-state index in [2.05, 4.69) is 15.6 Å². The number of carbonyl (C=O) groups excluding carboxylic acids is 2. The first kappa shape index (κ1) is 11.8. The van der Waals surface area contributed by atoms with Crippen LogP contribution >= 0.6 is 0 Å². The molecule has 0 bridgehead atoms. The average molecular weight is 245 g/mol. The molecule has 0 aliphatic heterocycles. The summed E-state index contributed by atoms with van der Waals surface area (Å²) in [6.07, 6.45) is 1.47. The predicted octanol–water partition coefficient (Wildman–Crippen LogP) is 0.166. The van der Waals surface area contributed by atoms with Crippen molar-refractivity contribution in [1.29, 1.82) is 0 Å². The van der Waals surface area contributed by atoms with Gasteiger partial charge in [-0.1, -0.05) is 17.3 Å². The van der Waals surface area contributed by atoms with Gasteiger partial charge in [0, 0.05) is 7.05 Å². The van der Waals surface area contributed by atoms with Crippen LogP contribution in [-0.4, -0.2) is 26.8 Å². The van der Waals surface area contributed by atoms with Gasteiger partial charge in [0.1, 0.15) is 0 Å². The van der Waals surface area contributed by atoms with Crippen LogP contribution in [0, 0.1) is 0 Å². The van der Waals surface area contributed by atoms with Crippen molar-refractivity contribution < 1.29 is 9.59 Å². The fraction of sp³-hybridized carbons (Fsp3) is 0.0909. The number of anilines is 1. The van der Waals surface area contributed by atoms with E-state index < -0.39 is 11.8 Å². The number of carbonyl (C=O) groups is 2. The van der Waals surface area contributed by atoms with Gasteiger partial charge in [-0.05, 0) is 12.1 Å². The summed E-state index contributed by atoms with van der Waals surface area (Å²) in [6.45, 7) is 0. The molecule has 0 saturated heterocycles. The number of aryl methyl sites for hydroxylation is 1. The first-order valence-corrected chi connectivity index (χ1v) is 5.14. The zero-order valence-corrected chi connectivity index (χ0v) is 9.62. The molecule has 2 rings (SSSR count). The van der Waals surface area contributed by atoms with Crippen molar-refractivity contribution in [3.63, 3.8) is 0 Å². The number of nitrogens with zero attached hydrogens (tertiary/aromatic N) is 3. The van der Waals surface area contributed by atoms with E-state index in [9.17, 15) is 9.59 Å². The molecule has 0 atom stereocenters. The van der Waals surface area contributed by atoms with E-state index in [0.29, 0.717) is 5.69 Å². The second-order valence-electron chi connectivity index (χ2n) is 3.64. The molecule has 2 amide bonds. The maximum Gasteiger partial charge on any atom is 0.277 e. The van der Waals surface area contributed by atoms with Gasteiger partial charge < -0.3 is 11.1 Å². The SMILES string of the molecule is Cn1cc(C(=O)Nc2ccccc2C(N)=O)nn1. The first-order valence-electron chi connectivity index (χ1n) is 5.14. The number of benzene rings is 1. The lowest BCUT2D eigenvalue weighted by atomic mass is 10.1. The van der Waals surface area contributed by atoms with E-state index in [4.69, 9.17) is 5.73 Å². The minimum atomic E-state index is -0.606.